The Morgan fingerprint density at radius 1 is 1.39 bits per heavy atom. The van der Waals surface area contributed by atoms with Crippen molar-refractivity contribution >= 4 is 11.8 Å². The van der Waals surface area contributed by atoms with E-state index in [4.69, 9.17) is 0 Å². The molecule has 0 aliphatic rings. The summed E-state index contributed by atoms with van der Waals surface area (Å²) in [6.45, 7) is 6.98. The summed E-state index contributed by atoms with van der Waals surface area (Å²) in [5.74, 6) is 0.839. The maximum atomic E-state index is 12.8. The van der Waals surface area contributed by atoms with E-state index in [1.165, 1.54) is 12.1 Å². The zero-order valence-electron chi connectivity index (χ0n) is 11.0. The quantitative estimate of drug-likeness (QED) is 0.530. The largest absolute Gasteiger partial charge is 0.313 e. The Morgan fingerprint density at radius 3 is 2.72 bits per heavy atom. The molecule has 0 aromatic heterocycles. The first-order valence-electron chi connectivity index (χ1n) is 6.49. The Hall–Kier alpha value is -0.800. The van der Waals surface area contributed by atoms with E-state index in [1.807, 2.05) is 18.2 Å². The van der Waals surface area contributed by atoms with Crippen LogP contribution in [0.2, 0.25) is 0 Å². The molecule has 0 spiro atoms. The first-order valence-corrected chi connectivity index (χ1v) is 7.47. The summed E-state index contributed by atoms with van der Waals surface area (Å²) in [5.41, 5.74) is 0. The van der Waals surface area contributed by atoms with Gasteiger partial charge in [-0.15, -0.1) is 18.3 Å². The van der Waals surface area contributed by atoms with E-state index >= 15 is 0 Å². The topological polar surface area (TPSA) is 12.0 Å². The second kappa shape index (κ2) is 9.17. The van der Waals surface area contributed by atoms with Gasteiger partial charge in [0.05, 0.1) is 0 Å². The van der Waals surface area contributed by atoms with Crippen LogP contribution in [0.5, 0.6) is 0 Å². The first kappa shape index (κ1) is 15.3. The molecule has 0 saturated heterocycles. The monoisotopic (exact) mass is 267 g/mol. The summed E-state index contributed by atoms with van der Waals surface area (Å²) in [7, 11) is 0. The van der Waals surface area contributed by atoms with Crippen molar-refractivity contribution < 1.29 is 4.39 Å². The maximum Gasteiger partial charge on any atom is 0.123 e. The molecule has 0 bridgehead atoms. The van der Waals surface area contributed by atoms with E-state index in [2.05, 4.69) is 18.8 Å². The predicted octanol–water partition coefficient (Wildman–Crippen LogP) is 4.25. The molecule has 100 valence electrons. The molecule has 1 atom stereocenters. The van der Waals surface area contributed by atoms with Crippen LogP contribution < -0.4 is 5.32 Å². The SMILES string of the molecule is C=CCCC(CSc1ccc(F)cc1)NCCC. The van der Waals surface area contributed by atoms with Crippen molar-refractivity contribution in [1.29, 1.82) is 0 Å². The molecule has 1 aromatic rings. The molecule has 1 aromatic carbocycles. The van der Waals surface area contributed by atoms with Crippen LogP contribution >= 0.6 is 11.8 Å². The number of nitrogens with one attached hydrogen (secondary N) is 1. The van der Waals surface area contributed by atoms with Crippen LogP contribution in [0.25, 0.3) is 0 Å². The van der Waals surface area contributed by atoms with Crippen molar-refractivity contribution in [2.24, 2.45) is 0 Å². The third-order valence-corrected chi connectivity index (χ3v) is 3.84. The van der Waals surface area contributed by atoms with Crippen LogP contribution in [0.15, 0.2) is 41.8 Å². The lowest BCUT2D eigenvalue weighted by Crippen LogP contribution is -2.31. The number of thioether (sulfide) groups is 1. The molecule has 1 rings (SSSR count). The molecule has 3 heteroatoms. The summed E-state index contributed by atoms with van der Waals surface area (Å²) in [6.07, 6.45) is 5.25. The number of hydrogen-bond donors (Lipinski definition) is 1. The van der Waals surface area contributed by atoms with Gasteiger partial charge in [0, 0.05) is 16.7 Å². The lowest BCUT2D eigenvalue weighted by Gasteiger charge is -2.17. The predicted molar refractivity (Wildman–Crippen MR) is 78.6 cm³/mol. The Balaban J connectivity index is 2.39. The molecule has 0 aliphatic heterocycles. The minimum Gasteiger partial charge on any atom is -0.313 e. The highest BCUT2D eigenvalue weighted by Gasteiger charge is 2.07. The summed E-state index contributed by atoms with van der Waals surface area (Å²) in [4.78, 5) is 1.12. The van der Waals surface area contributed by atoms with Crippen LogP contribution in [0.3, 0.4) is 0 Å². The summed E-state index contributed by atoms with van der Waals surface area (Å²) >= 11 is 1.77. The zero-order valence-corrected chi connectivity index (χ0v) is 11.8. The molecule has 0 heterocycles. The molecule has 0 fully saturated rings. The van der Waals surface area contributed by atoms with Crippen molar-refractivity contribution in [1.82, 2.24) is 5.32 Å². The van der Waals surface area contributed by atoms with E-state index in [0.29, 0.717) is 6.04 Å². The van der Waals surface area contributed by atoms with E-state index in [0.717, 1.165) is 36.5 Å². The van der Waals surface area contributed by atoms with Gasteiger partial charge in [-0.2, -0.15) is 0 Å². The molecule has 1 N–H and O–H groups in total. The van der Waals surface area contributed by atoms with Crippen molar-refractivity contribution in [3.8, 4) is 0 Å². The molecule has 0 radical (unpaired) electrons. The fourth-order valence-electron chi connectivity index (χ4n) is 1.64. The molecule has 1 unspecified atom stereocenters. The van der Waals surface area contributed by atoms with E-state index in [-0.39, 0.29) is 5.82 Å². The van der Waals surface area contributed by atoms with Gasteiger partial charge < -0.3 is 5.32 Å². The second-order valence-corrected chi connectivity index (χ2v) is 5.38. The van der Waals surface area contributed by atoms with Crippen LogP contribution in [-0.2, 0) is 0 Å². The Labute approximate surface area is 114 Å². The lowest BCUT2D eigenvalue weighted by atomic mass is 10.2. The molecular formula is C15H22FNS. The van der Waals surface area contributed by atoms with E-state index in [1.54, 1.807) is 11.8 Å². The standard InChI is InChI=1S/C15H22FNS/c1-3-5-6-14(17-11-4-2)12-18-15-9-7-13(16)8-10-15/h3,7-10,14,17H,1,4-6,11-12H2,2H3. The van der Waals surface area contributed by atoms with Gasteiger partial charge in [-0.1, -0.05) is 13.0 Å². The fourth-order valence-corrected chi connectivity index (χ4v) is 2.65. The van der Waals surface area contributed by atoms with Gasteiger partial charge in [0.2, 0.25) is 0 Å². The number of rotatable bonds is 9. The summed E-state index contributed by atoms with van der Waals surface area (Å²) < 4.78 is 12.8. The number of benzene rings is 1. The van der Waals surface area contributed by atoms with Gasteiger partial charge in [-0.25, -0.2) is 4.39 Å². The van der Waals surface area contributed by atoms with Crippen LogP contribution in [-0.4, -0.2) is 18.3 Å². The van der Waals surface area contributed by atoms with Crippen molar-refractivity contribution in [3.63, 3.8) is 0 Å². The number of halogens is 1. The third kappa shape index (κ3) is 6.22. The number of allylic oxidation sites excluding steroid dienone is 1. The van der Waals surface area contributed by atoms with Gasteiger partial charge in [0.25, 0.3) is 0 Å². The van der Waals surface area contributed by atoms with Crippen LogP contribution in [0.4, 0.5) is 4.39 Å². The Kier molecular flexibility index (Phi) is 7.78. The second-order valence-electron chi connectivity index (χ2n) is 4.28. The fraction of sp³-hybridized carbons (Fsp3) is 0.467. The van der Waals surface area contributed by atoms with E-state index in [9.17, 15) is 4.39 Å². The van der Waals surface area contributed by atoms with Crippen LogP contribution in [0, 0.1) is 5.82 Å². The average Bonchev–Trinajstić information content (AvgIpc) is 2.40. The molecule has 0 aliphatic carbocycles. The number of hydrogen-bond acceptors (Lipinski definition) is 2. The highest BCUT2D eigenvalue weighted by molar-refractivity contribution is 7.99. The van der Waals surface area contributed by atoms with Gasteiger partial charge in [-0.05, 0) is 50.1 Å². The maximum absolute atomic E-state index is 12.8. The molecular weight excluding hydrogens is 245 g/mol. The minimum absolute atomic E-state index is 0.174. The molecule has 0 saturated carbocycles. The normalized spacial score (nSPS) is 12.3. The molecule has 18 heavy (non-hydrogen) atoms. The van der Waals surface area contributed by atoms with Gasteiger partial charge >= 0.3 is 0 Å². The van der Waals surface area contributed by atoms with Gasteiger partial charge in [-0.3, -0.25) is 0 Å². The molecule has 1 nitrogen and oxygen atoms in total. The minimum atomic E-state index is -0.174. The molecule has 0 amide bonds. The zero-order chi connectivity index (χ0) is 13.2. The summed E-state index contributed by atoms with van der Waals surface area (Å²) in [5, 5.41) is 3.54. The third-order valence-electron chi connectivity index (χ3n) is 2.67. The Bertz CT molecular complexity index is 337. The van der Waals surface area contributed by atoms with E-state index < -0.39 is 0 Å². The van der Waals surface area contributed by atoms with Gasteiger partial charge in [0.1, 0.15) is 5.82 Å². The smallest absolute Gasteiger partial charge is 0.123 e. The highest BCUT2D eigenvalue weighted by Crippen LogP contribution is 2.20. The summed E-state index contributed by atoms with van der Waals surface area (Å²) in [6, 6.07) is 7.20. The highest BCUT2D eigenvalue weighted by atomic mass is 32.2. The van der Waals surface area contributed by atoms with Gasteiger partial charge in [0.15, 0.2) is 0 Å². The average molecular weight is 267 g/mol. The van der Waals surface area contributed by atoms with Crippen molar-refractivity contribution in [2.75, 3.05) is 12.3 Å². The van der Waals surface area contributed by atoms with Crippen molar-refractivity contribution in [2.45, 2.75) is 37.1 Å². The van der Waals surface area contributed by atoms with Crippen molar-refractivity contribution in [3.05, 3.63) is 42.7 Å². The first-order chi connectivity index (χ1) is 8.76. The lowest BCUT2D eigenvalue weighted by molar-refractivity contribution is 0.524. The van der Waals surface area contributed by atoms with Crippen LogP contribution in [0.1, 0.15) is 26.2 Å². The Morgan fingerprint density at radius 2 is 2.11 bits per heavy atom.